The average Bonchev–Trinajstić information content (AvgIpc) is 3.14. The van der Waals surface area contributed by atoms with Gasteiger partial charge in [0.2, 0.25) is 0 Å². The lowest BCUT2D eigenvalue weighted by Crippen LogP contribution is -2.36. The summed E-state index contributed by atoms with van der Waals surface area (Å²) in [7, 11) is -4.02. The second-order valence-electron chi connectivity index (χ2n) is 8.69. The molecule has 0 saturated carbocycles. The summed E-state index contributed by atoms with van der Waals surface area (Å²) < 4.78 is 38.8. The van der Waals surface area contributed by atoms with Gasteiger partial charge in [0.1, 0.15) is 11.5 Å². The van der Waals surface area contributed by atoms with E-state index >= 15 is 0 Å². The maximum absolute atomic E-state index is 12.6. The number of halogens is 1. The summed E-state index contributed by atoms with van der Waals surface area (Å²) >= 11 is 3.20. The molecule has 37 heavy (non-hydrogen) atoms. The molecular weight excluding hydrogens is 560 g/mol. The SMILES string of the molecule is O=C(NS(=O)(=O)c1ccccc1Br)c1ccc(C[C@@H]2COCCN(C(=O)OCc3ccccc3)C2)cc1. The van der Waals surface area contributed by atoms with Crippen LogP contribution in [0.4, 0.5) is 4.79 Å². The summed E-state index contributed by atoms with van der Waals surface area (Å²) in [5.74, 6) is -0.672. The summed E-state index contributed by atoms with van der Waals surface area (Å²) in [6.45, 7) is 2.08. The van der Waals surface area contributed by atoms with E-state index in [1.807, 2.05) is 30.3 Å². The topological polar surface area (TPSA) is 102 Å². The molecule has 1 N–H and O–H groups in total. The minimum absolute atomic E-state index is 0.0137. The number of benzene rings is 3. The minimum Gasteiger partial charge on any atom is -0.445 e. The Morgan fingerprint density at radius 2 is 1.68 bits per heavy atom. The number of carbonyl (C=O) groups is 2. The zero-order chi connectivity index (χ0) is 26.3. The molecule has 0 bridgehead atoms. The Bertz CT molecular complexity index is 1330. The van der Waals surface area contributed by atoms with Crippen molar-refractivity contribution >= 4 is 38.0 Å². The first-order valence-electron chi connectivity index (χ1n) is 11.8. The molecule has 0 unspecified atom stereocenters. The Morgan fingerprint density at radius 3 is 2.41 bits per heavy atom. The van der Waals surface area contributed by atoms with E-state index in [1.54, 1.807) is 47.4 Å². The molecular formula is C27H27BrN2O6S. The Balaban J connectivity index is 1.34. The lowest BCUT2D eigenvalue weighted by atomic mass is 9.98. The van der Waals surface area contributed by atoms with Crippen LogP contribution in [-0.2, 0) is 32.5 Å². The van der Waals surface area contributed by atoms with E-state index in [1.165, 1.54) is 6.07 Å². The highest BCUT2D eigenvalue weighted by Crippen LogP contribution is 2.21. The second-order valence-corrected chi connectivity index (χ2v) is 11.2. The molecule has 8 nitrogen and oxygen atoms in total. The maximum Gasteiger partial charge on any atom is 0.410 e. The third-order valence-corrected chi connectivity index (χ3v) is 8.24. The van der Waals surface area contributed by atoms with Crippen molar-refractivity contribution < 1.29 is 27.5 Å². The highest BCUT2D eigenvalue weighted by atomic mass is 79.9. The largest absolute Gasteiger partial charge is 0.445 e. The number of hydrogen-bond donors (Lipinski definition) is 1. The van der Waals surface area contributed by atoms with E-state index in [9.17, 15) is 18.0 Å². The van der Waals surface area contributed by atoms with Crippen LogP contribution in [0.2, 0.25) is 0 Å². The monoisotopic (exact) mass is 586 g/mol. The van der Waals surface area contributed by atoms with Crippen LogP contribution in [0.25, 0.3) is 0 Å². The van der Waals surface area contributed by atoms with E-state index in [0.29, 0.717) is 37.2 Å². The number of carbonyl (C=O) groups excluding carboxylic acids is 2. The van der Waals surface area contributed by atoms with Crippen molar-refractivity contribution in [1.29, 1.82) is 0 Å². The molecule has 0 aliphatic carbocycles. The Morgan fingerprint density at radius 1 is 0.973 bits per heavy atom. The fourth-order valence-electron chi connectivity index (χ4n) is 4.00. The van der Waals surface area contributed by atoms with Crippen molar-refractivity contribution in [3.63, 3.8) is 0 Å². The smallest absolute Gasteiger partial charge is 0.410 e. The molecule has 0 radical (unpaired) electrons. The Hall–Kier alpha value is -3.21. The van der Waals surface area contributed by atoms with Crippen molar-refractivity contribution in [1.82, 2.24) is 9.62 Å². The third kappa shape index (κ3) is 7.41. The second kappa shape index (κ2) is 12.4. The number of nitrogens with zero attached hydrogens (tertiary/aromatic N) is 1. The van der Waals surface area contributed by atoms with Gasteiger partial charge in [0.15, 0.2) is 0 Å². The molecule has 4 rings (SSSR count). The highest BCUT2D eigenvalue weighted by molar-refractivity contribution is 9.10. The quantitative estimate of drug-likeness (QED) is 0.440. The van der Waals surface area contributed by atoms with Crippen molar-refractivity contribution in [3.05, 3.63) is 100 Å². The van der Waals surface area contributed by atoms with Crippen molar-refractivity contribution in [2.24, 2.45) is 5.92 Å². The summed E-state index contributed by atoms with van der Waals surface area (Å²) in [5, 5.41) is 0. The van der Waals surface area contributed by atoms with Gasteiger partial charge in [0.05, 0.1) is 13.2 Å². The van der Waals surface area contributed by atoms with Gasteiger partial charge in [-0.3, -0.25) is 4.79 Å². The number of ether oxygens (including phenoxy) is 2. The van der Waals surface area contributed by atoms with Crippen LogP contribution < -0.4 is 4.72 Å². The Labute approximate surface area is 224 Å². The third-order valence-electron chi connectivity index (χ3n) is 5.89. The van der Waals surface area contributed by atoms with E-state index in [4.69, 9.17) is 9.47 Å². The molecule has 10 heteroatoms. The number of nitrogens with one attached hydrogen (secondary N) is 1. The predicted octanol–water partition coefficient (Wildman–Crippen LogP) is 4.40. The van der Waals surface area contributed by atoms with Crippen LogP contribution in [0.3, 0.4) is 0 Å². The van der Waals surface area contributed by atoms with E-state index in [2.05, 4.69) is 20.7 Å². The lowest BCUT2D eigenvalue weighted by Gasteiger charge is -2.23. The Kier molecular flexibility index (Phi) is 8.96. The molecule has 3 aromatic carbocycles. The van der Waals surface area contributed by atoms with Gasteiger partial charge in [0, 0.05) is 29.0 Å². The van der Waals surface area contributed by atoms with Gasteiger partial charge < -0.3 is 14.4 Å². The molecule has 3 aromatic rings. The fraction of sp³-hybridized carbons (Fsp3) is 0.259. The van der Waals surface area contributed by atoms with Crippen LogP contribution in [-0.4, -0.2) is 51.6 Å². The van der Waals surface area contributed by atoms with Gasteiger partial charge in [0.25, 0.3) is 15.9 Å². The first-order valence-corrected chi connectivity index (χ1v) is 14.0. The van der Waals surface area contributed by atoms with Gasteiger partial charge in [-0.1, -0.05) is 54.6 Å². The first kappa shape index (κ1) is 26.8. The van der Waals surface area contributed by atoms with E-state index < -0.39 is 15.9 Å². The van der Waals surface area contributed by atoms with Crippen LogP contribution in [0.1, 0.15) is 21.5 Å². The van der Waals surface area contributed by atoms with Gasteiger partial charge in [-0.05, 0) is 57.7 Å². The van der Waals surface area contributed by atoms with E-state index in [-0.39, 0.29) is 29.1 Å². The van der Waals surface area contributed by atoms with Crippen molar-refractivity contribution in [2.45, 2.75) is 17.9 Å². The maximum atomic E-state index is 12.6. The fourth-order valence-corrected chi connectivity index (χ4v) is 5.98. The summed E-state index contributed by atoms with van der Waals surface area (Å²) in [6.07, 6.45) is 0.247. The number of hydrogen-bond acceptors (Lipinski definition) is 6. The molecule has 2 amide bonds. The first-order chi connectivity index (χ1) is 17.8. The molecule has 1 atom stereocenters. The average molecular weight is 587 g/mol. The van der Waals surface area contributed by atoms with Crippen LogP contribution in [0, 0.1) is 5.92 Å². The normalized spacial score (nSPS) is 16.0. The number of sulfonamides is 1. The van der Waals surface area contributed by atoms with Crippen molar-refractivity contribution in [2.75, 3.05) is 26.3 Å². The van der Waals surface area contributed by atoms with Gasteiger partial charge in [-0.2, -0.15) is 0 Å². The highest BCUT2D eigenvalue weighted by Gasteiger charge is 2.24. The molecule has 1 aliphatic heterocycles. The molecule has 1 aliphatic rings. The van der Waals surface area contributed by atoms with Gasteiger partial charge in [-0.25, -0.2) is 17.9 Å². The summed E-state index contributed by atoms with van der Waals surface area (Å²) in [6, 6.07) is 22.5. The summed E-state index contributed by atoms with van der Waals surface area (Å²) in [5.41, 5.74) is 2.09. The molecule has 194 valence electrons. The van der Waals surface area contributed by atoms with Crippen LogP contribution in [0.15, 0.2) is 88.2 Å². The zero-order valence-corrected chi connectivity index (χ0v) is 22.4. The van der Waals surface area contributed by atoms with Crippen LogP contribution in [0.5, 0.6) is 0 Å². The summed E-state index contributed by atoms with van der Waals surface area (Å²) in [4.78, 5) is 26.9. The van der Waals surface area contributed by atoms with Gasteiger partial charge >= 0.3 is 6.09 Å². The molecule has 0 aromatic heterocycles. The molecule has 1 fully saturated rings. The molecule has 1 heterocycles. The zero-order valence-electron chi connectivity index (χ0n) is 20.0. The van der Waals surface area contributed by atoms with Gasteiger partial charge in [-0.15, -0.1) is 0 Å². The number of amides is 2. The van der Waals surface area contributed by atoms with E-state index in [0.717, 1.165) is 11.1 Å². The molecule has 0 spiro atoms. The van der Waals surface area contributed by atoms with Crippen LogP contribution >= 0.6 is 15.9 Å². The van der Waals surface area contributed by atoms with Crippen molar-refractivity contribution in [3.8, 4) is 0 Å². The minimum atomic E-state index is -4.02. The number of rotatable bonds is 7. The molecule has 1 saturated heterocycles. The lowest BCUT2D eigenvalue weighted by molar-refractivity contribution is 0.0914. The standard InChI is InChI=1S/C27H27BrN2O6S/c28-24-8-4-5-9-25(24)37(33,34)29-26(31)23-12-10-20(11-13-23)16-22-17-30(14-15-35-18-22)27(32)36-19-21-6-2-1-3-7-21/h1-13,22H,14-19H2,(H,29,31)/t22-/m0/s1. The predicted molar refractivity (Wildman–Crippen MR) is 141 cm³/mol.